The molecule has 0 bridgehead atoms. The Balaban J connectivity index is 2.02. The third-order valence-electron chi connectivity index (χ3n) is 2.84. The first kappa shape index (κ1) is 13.9. The van der Waals surface area contributed by atoms with Crippen molar-refractivity contribution in [2.24, 2.45) is 5.73 Å². The normalized spacial score (nSPS) is 10.4. The molecule has 1 aromatic heterocycles. The molecule has 0 saturated heterocycles. The summed E-state index contributed by atoms with van der Waals surface area (Å²) in [7, 11) is 0. The van der Waals surface area contributed by atoms with Gasteiger partial charge in [0.2, 0.25) is 0 Å². The van der Waals surface area contributed by atoms with Gasteiger partial charge in [0.25, 0.3) is 11.5 Å². The van der Waals surface area contributed by atoms with Crippen LogP contribution in [-0.2, 0) is 13.0 Å². The largest absolute Gasteiger partial charge is 0.364 e. The molecule has 1 aromatic carbocycles. The first-order chi connectivity index (χ1) is 9.56. The highest BCUT2D eigenvalue weighted by atomic mass is 19.1. The first-order valence-electron chi connectivity index (χ1n) is 6.18. The quantitative estimate of drug-likeness (QED) is 0.888. The Morgan fingerprint density at radius 3 is 2.80 bits per heavy atom. The fourth-order valence-electron chi connectivity index (χ4n) is 1.87. The van der Waals surface area contributed by atoms with Gasteiger partial charge in [-0.2, -0.15) is 5.10 Å². The summed E-state index contributed by atoms with van der Waals surface area (Å²) in [5.41, 5.74) is 5.72. The van der Waals surface area contributed by atoms with E-state index in [2.05, 4.69) is 5.10 Å². The van der Waals surface area contributed by atoms with Crippen LogP contribution in [0.4, 0.5) is 4.39 Å². The molecule has 0 unspecified atom stereocenters. The van der Waals surface area contributed by atoms with Crippen LogP contribution in [0.5, 0.6) is 0 Å². The van der Waals surface area contributed by atoms with Crippen molar-refractivity contribution < 1.29 is 9.18 Å². The smallest absolute Gasteiger partial charge is 0.269 e. The Labute approximate surface area is 114 Å². The number of rotatable bonds is 5. The highest BCUT2D eigenvalue weighted by Gasteiger charge is 2.05. The van der Waals surface area contributed by atoms with Crippen molar-refractivity contribution in [2.75, 3.05) is 0 Å². The summed E-state index contributed by atoms with van der Waals surface area (Å²) >= 11 is 0. The van der Waals surface area contributed by atoms with Crippen LogP contribution >= 0.6 is 0 Å². The molecular formula is C14H14FN3O2. The number of amides is 1. The average molecular weight is 275 g/mol. The van der Waals surface area contributed by atoms with Gasteiger partial charge in [0.05, 0.1) is 0 Å². The van der Waals surface area contributed by atoms with Gasteiger partial charge in [-0.05, 0) is 36.6 Å². The Morgan fingerprint density at radius 1 is 1.30 bits per heavy atom. The molecule has 6 heteroatoms. The molecule has 1 amide bonds. The standard InChI is InChI=1S/C14H14FN3O2/c15-11-5-1-3-10(9-11)4-2-8-18-13(19)7-6-12(17-18)14(16)20/h1,3,5-7,9H,2,4,8H2,(H2,16,20). The average Bonchev–Trinajstić information content (AvgIpc) is 2.40. The van der Waals surface area contributed by atoms with Gasteiger partial charge in [-0.3, -0.25) is 9.59 Å². The molecular weight excluding hydrogens is 261 g/mol. The van der Waals surface area contributed by atoms with Gasteiger partial charge in [0.1, 0.15) is 11.5 Å². The lowest BCUT2D eigenvalue weighted by Gasteiger charge is -2.05. The van der Waals surface area contributed by atoms with E-state index < -0.39 is 5.91 Å². The third kappa shape index (κ3) is 3.50. The number of halogens is 1. The molecule has 0 atom stereocenters. The van der Waals surface area contributed by atoms with E-state index in [0.29, 0.717) is 19.4 Å². The van der Waals surface area contributed by atoms with Gasteiger partial charge in [-0.25, -0.2) is 9.07 Å². The van der Waals surface area contributed by atoms with Gasteiger partial charge < -0.3 is 5.73 Å². The summed E-state index contributed by atoms with van der Waals surface area (Å²) in [4.78, 5) is 22.6. The number of hydrogen-bond donors (Lipinski definition) is 1. The zero-order valence-corrected chi connectivity index (χ0v) is 10.8. The van der Waals surface area contributed by atoms with Crippen molar-refractivity contribution in [2.45, 2.75) is 19.4 Å². The Hall–Kier alpha value is -2.50. The molecule has 0 fully saturated rings. The van der Waals surface area contributed by atoms with Crippen LogP contribution in [0.1, 0.15) is 22.5 Å². The van der Waals surface area contributed by atoms with Crippen molar-refractivity contribution in [3.05, 3.63) is 63.8 Å². The van der Waals surface area contributed by atoms with Crippen LogP contribution in [0, 0.1) is 5.82 Å². The minimum absolute atomic E-state index is 0.0513. The molecule has 0 aliphatic heterocycles. The predicted molar refractivity (Wildman–Crippen MR) is 71.7 cm³/mol. The van der Waals surface area contributed by atoms with Crippen LogP contribution in [-0.4, -0.2) is 15.7 Å². The lowest BCUT2D eigenvalue weighted by molar-refractivity contribution is 0.0993. The third-order valence-corrected chi connectivity index (χ3v) is 2.84. The number of benzene rings is 1. The van der Waals surface area contributed by atoms with Gasteiger partial charge in [0, 0.05) is 12.6 Å². The second-order valence-corrected chi connectivity index (χ2v) is 4.38. The van der Waals surface area contributed by atoms with Crippen molar-refractivity contribution in [3.63, 3.8) is 0 Å². The number of aromatic nitrogens is 2. The molecule has 104 valence electrons. The molecule has 0 aliphatic rings. The van der Waals surface area contributed by atoms with Crippen molar-refractivity contribution in [1.82, 2.24) is 9.78 Å². The zero-order chi connectivity index (χ0) is 14.5. The number of nitrogens with zero attached hydrogens (tertiary/aromatic N) is 2. The number of hydrogen-bond acceptors (Lipinski definition) is 3. The molecule has 1 heterocycles. The number of nitrogens with two attached hydrogens (primary N) is 1. The molecule has 2 N–H and O–H groups in total. The van der Waals surface area contributed by atoms with Gasteiger partial charge in [-0.1, -0.05) is 12.1 Å². The van der Waals surface area contributed by atoms with Crippen LogP contribution < -0.4 is 11.3 Å². The van der Waals surface area contributed by atoms with Gasteiger partial charge >= 0.3 is 0 Å². The maximum atomic E-state index is 13.0. The van der Waals surface area contributed by atoms with E-state index >= 15 is 0 Å². The number of carbonyl (C=O) groups excluding carboxylic acids is 1. The number of primary amides is 1. The summed E-state index contributed by atoms with van der Waals surface area (Å²) in [5, 5.41) is 3.88. The van der Waals surface area contributed by atoms with E-state index in [9.17, 15) is 14.0 Å². The molecule has 20 heavy (non-hydrogen) atoms. The summed E-state index contributed by atoms with van der Waals surface area (Å²) < 4.78 is 14.2. The zero-order valence-electron chi connectivity index (χ0n) is 10.8. The molecule has 0 spiro atoms. The Kier molecular flexibility index (Phi) is 4.24. The molecule has 2 aromatic rings. The van der Waals surface area contributed by atoms with Crippen molar-refractivity contribution >= 4 is 5.91 Å². The predicted octanol–water partition coefficient (Wildman–Crippen LogP) is 1.11. The van der Waals surface area contributed by atoms with Crippen LogP contribution in [0.15, 0.2) is 41.2 Å². The van der Waals surface area contributed by atoms with Crippen LogP contribution in [0.3, 0.4) is 0 Å². The van der Waals surface area contributed by atoms with E-state index in [1.54, 1.807) is 6.07 Å². The van der Waals surface area contributed by atoms with E-state index in [1.807, 2.05) is 6.07 Å². The second kappa shape index (κ2) is 6.10. The SMILES string of the molecule is NC(=O)c1ccc(=O)n(CCCc2cccc(F)c2)n1. The van der Waals surface area contributed by atoms with E-state index in [1.165, 1.54) is 28.9 Å². The monoisotopic (exact) mass is 275 g/mol. The lowest BCUT2D eigenvalue weighted by Crippen LogP contribution is -2.26. The van der Waals surface area contributed by atoms with Crippen LogP contribution in [0.2, 0.25) is 0 Å². The number of aryl methyl sites for hydroxylation is 2. The molecule has 0 saturated carbocycles. The van der Waals surface area contributed by atoms with Gasteiger partial charge in [0.15, 0.2) is 0 Å². The van der Waals surface area contributed by atoms with E-state index in [4.69, 9.17) is 5.73 Å². The summed E-state index contributed by atoms with van der Waals surface area (Å²) in [6.45, 7) is 0.344. The fraction of sp³-hybridized carbons (Fsp3) is 0.214. The summed E-state index contributed by atoms with van der Waals surface area (Å²) in [5.74, 6) is -0.961. The van der Waals surface area contributed by atoms with E-state index in [-0.39, 0.29) is 17.1 Å². The fourth-order valence-corrected chi connectivity index (χ4v) is 1.87. The van der Waals surface area contributed by atoms with Crippen molar-refractivity contribution in [3.8, 4) is 0 Å². The molecule has 5 nitrogen and oxygen atoms in total. The highest BCUT2D eigenvalue weighted by molar-refractivity contribution is 5.90. The molecule has 0 aliphatic carbocycles. The summed E-state index contributed by atoms with van der Waals surface area (Å²) in [6, 6.07) is 8.85. The maximum absolute atomic E-state index is 13.0. The Morgan fingerprint density at radius 2 is 2.10 bits per heavy atom. The lowest BCUT2D eigenvalue weighted by atomic mass is 10.1. The van der Waals surface area contributed by atoms with Gasteiger partial charge in [-0.15, -0.1) is 0 Å². The maximum Gasteiger partial charge on any atom is 0.269 e. The second-order valence-electron chi connectivity index (χ2n) is 4.38. The molecule has 2 rings (SSSR count). The Bertz CT molecular complexity index is 682. The number of carbonyl (C=O) groups is 1. The molecule has 0 radical (unpaired) electrons. The minimum atomic E-state index is -0.677. The van der Waals surface area contributed by atoms with Crippen LogP contribution in [0.25, 0.3) is 0 Å². The van der Waals surface area contributed by atoms with Crippen molar-refractivity contribution in [1.29, 1.82) is 0 Å². The topological polar surface area (TPSA) is 78.0 Å². The highest BCUT2D eigenvalue weighted by Crippen LogP contribution is 2.06. The first-order valence-corrected chi connectivity index (χ1v) is 6.18. The van der Waals surface area contributed by atoms with E-state index in [0.717, 1.165) is 5.56 Å². The summed E-state index contributed by atoms with van der Waals surface area (Å²) in [6.07, 6.45) is 1.23. The minimum Gasteiger partial charge on any atom is -0.364 e.